The lowest BCUT2D eigenvalue weighted by atomic mass is 9.89. The first-order valence-electron chi connectivity index (χ1n) is 9.12. The van der Waals surface area contributed by atoms with E-state index < -0.39 is 17.9 Å². The molecule has 1 aliphatic heterocycles. The van der Waals surface area contributed by atoms with Crippen molar-refractivity contribution in [2.45, 2.75) is 37.9 Å². The van der Waals surface area contributed by atoms with E-state index in [1.807, 2.05) is 24.3 Å². The van der Waals surface area contributed by atoms with Gasteiger partial charge in [0, 0.05) is 11.4 Å². The van der Waals surface area contributed by atoms with Crippen LogP contribution >= 0.6 is 11.8 Å². The van der Waals surface area contributed by atoms with E-state index in [9.17, 15) is 4.79 Å². The van der Waals surface area contributed by atoms with Gasteiger partial charge in [0.25, 0.3) is 0 Å². The molecule has 1 amide bonds. The Morgan fingerprint density at radius 2 is 2.07 bits per heavy atom. The molecule has 2 aromatic rings. The first kappa shape index (κ1) is 19.3. The molecule has 0 spiro atoms. The van der Waals surface area contributed by atoms with Crippen molar-refractivity contribution in [2.75, 3.05) is 17.7 Å². The van der Waals surface area contributed by atoms with Gasteiger partial charge in [0.05, 0.1) is 12.6 Å². The topological polar surface area (TPSA) is 95.1 Å². The average molecular weight is 388 g/mol. The molecule has 8 heteroatoms. The normalized spacial score (nSPS) is 18.7. The van der Waals surface area contributed by atoms with Crippen LogP contribution in [0.3, 0.4) is 0 Å². The molecule has 1 aromatic heterocycles. The Balaban J connectivity index is 1.98. The van der Waals surface area contributed by atoms with Crippen LogP contribution in [0.15, 0.2) is 41.7 Å². The number of primary amides is 1. The molecule has 144 valence electrons. The van der Waals surface area contributed by atoms with Gasteiger partial charge < -0.3 is 15.8 Å². The summed E-state index contributed by atoms with van der Waals surface area (Å²) in [5.74, 6) is 1.23. The summed E-state index contributed by atoms with van der Waals surface area (Å²) < 4.78 is 7.39. The fourth-order valence-corrected chi connectivity index (χ4v) is 3.72. The maximum Gasteiger partial charge on any atom is 0.229 e. The number of nitrogens with zero attached hydrogens (tertiary/aromatic N) is 3. The third-order valence-corrected chi connectivity index (χ3v) is 5.32. The predicted molar refractivity (Wildman–Crippen MR) is 107 cm³/mol. The van der Waals surface area contributed by atoms with E-state index >= 15 is 0 Å². The van der Waals surface area contributed by atoms with Crippen LogP contribution in [0.25, 0.3) is 0 Å². The molecule has 0 saturated heterocycles. The number of amides is 1. The second kappa shape index (κ2) is 8.47. The number of nitrogens with one attached hydrogen (secondary N) is 1. The Morgan fingerprint density at radius 3 is 2.70 bits per heavy atom. The average Bonchev–Trinajstić information content (AvgIpc) is 3.06. The lowest BCUT2D eigenvalue weighted by Gasteiger charge is -2.32. The number of carbonyl (C=O) groups excluding carboxylic acids is 1. The van der Waals surface area contributed by atoms with E-state index in [0.717, 1.165) is 29.9 Å². The van der Waals surface area contributed by atoms with Crippen molar-refractivity contribution < 1.29 is 9.53 Å². The molecule has 2 heterocycles. The predicted octanol–water partition coefficient (Wildman–Crippen LogP) is 3.20. The quantitative estimate of drug-likeness (QED) is 0.676. The zero-order valence-corrected chi connectivity index (χ0v) is 16.5. The molecule has 27 heavy (non-hydrogen) atoms. The van der Waals surface area contributed by atoms with Gasteiger partial charge in [-0.25, -0.2) is 4.68 Å². The minimum atomic E-state index is -0.620. The number of fused-ring (bicyclic) bond motifs is 1. The van der Waals surface area contributed by atoms with E-state index in [1.165, 1.54) is 0 Å². The molecular weight excluding hydrogens is 362 g/mol. The maximum atomic E-state index is 12.2. The van der Waals surface area contributed by atoms with Crippen LogP contribution in [0.4, 0.5) is 5.95 Å². The number of nitrogens with two attached hydrogens (primary N) is 1. The van der Waals surface area contributed by atoms with Crippen molar-refractivity contribution in [1.82, 2.24) is 14.8 Å². The van der Waals surface area contributed by atoms with Crippen LogP contribution in [-0.4, -0.2) is 33.0 Å². The molecule has 0 fully saturated rings. The van der Waals surface area contributed by atoms with Gasteiger partial charge >= 0.3 is 0 Å². The Hall–Kier alpha value is -2.48. The lowest BCUT2D eigenvalue weighted by molar-refractivity contribution is -0.121. The van der Waals surface area contributed by atoms with Crippen LogP contribution in [0.5, 0.6) is 5.75 Å². The molecule has 7 nitrogen and oxygen atoms in total. The van der Waals surface area contributed by atoms with E-state index in [-0.39, 0.29) is 0 Å². The summed E-state index contributed by atoms with van der Waals surface area (Å²) in [5.41, 5.74) is 7.13. The second-order valence-corrected chi connectivity index (χ2v) is 7.47. The van der Waals surface area contributed by atoms with Crippen LogP contribution in [0.1, 0.15) is 38.3 Å². The van der Waals surface area contributed by atoms with Gasteiger partial charge in [-0.1, -0.05) is 44.3 Å². The maximum absolute atomic E-state index is 12.2. The second-order valence-electron chi connectivity index (χ2n) is 6.40. The molecule has 0 unspecified atom stereocenters. The molecule has 3 N–H and O–H groups in total. The smallest absolute Gasteiger partial charge is 0.229 e. The highest BCUT2D eigenvalue weighted by Gasteiger charge is 2.39. The summed E-state index contributed by atoms with van der Waals surface area (Å²) in [5, 5.41) is 8.37. The van der Waals surface area contributed by atoms with Crippen molar-refractivity contribution in [2.24, 2.45) is 11.7 Å². The molecule has 1 aromatic carbocycles. The van der Waals surface area contributed by atoms with Crippen LogP contribution in [-0.2, 0) is 4.79 Å². The van der Waals surface area contributed by atoms with E-state index in [0.29, 0.717) is 23.4 Å². The van der Waals surface area contributed by atoms with E-state index in [4.69, 9.17) is 10.5 Å². The number of carbonyl (C=O) groups is 1. The zero-order chi connectivity index (χ0) is 19.4. The highest BCUT2D eigenvalue weighted by Crippen LogP contribution is 2.38. The lowest BCUT2D eigenvalue weighted by Crippen LogP contribution is -2.40. The van der Waals surface area contributed by atoms with Gasteiger partial charge in [-0.05, 0) is 30.5 Å². The third kappa shape index (κ3) is 4.10. The number of anilines is 1. The van der Waals surface area contributed by atoms with Crippen LogP contribution < -0.4 is 15.8 Å². The summed E-state index contributed by atoms with van der Waals surface area (Å²) >= 11 is 1.58. The summed E-state index contributed by atoms with van der Waals surface area (Å²) in [6.07, 6.45) is 1.97. The van der Waals surface area contributed by atoms with Crippen LogP contribution in [0, 0.1) is 5.92 Å². The summed E-state index contributed by atoms with van der Waals surface area (Å²) in [6.45, 7) is 8.83. The van der Waals surface area contributed by atoms with E-state index in [2.05, 4.69) is 35.8 Å². The van der Waals surface area contributed by atoms with E-state index in [1.54, 1.807) is 16.4 Å². The highest BCUT2D eigenvalue weighted by atomic mass is 32.2. The molecule has 0 radical (unpaired) electrons. The molecule has 1 aliphatic rings. The number of rotatable bonds is 8. The monoisotopic (exact) mass is 387 g/mol. The van der Waals surface area contributed by atoms with Gasteiger partial charge in [-0.3, -0.25) is 4.79 Å². The van der Waals surface area contributed by atoms with Crippen molar-refractivity contribution in [3.05, 3.63) is 42.1 Å². The minimum absolute atomic E-state index is 0.394. The zero-order valence-electron chi connectivity index (χ0n) is 15.6. The van der Waals surface area contributed by atoms with Crippen molar-refractivity contribution >= 4 is 23.6 Å². The fraction of sp³-hybridized carbons (Fsp3) is 0.421. The molecular formula is C19H25N5O2S. The molecule has 3 rings (SSSR count). The summed E-state index contributed by atoms with van der Waals surface area (Å²) in [7, 11) is 0. The largest absolute Gasteiger partial charge is 0.494 e. The molecule has 0 bridgehead atoms. The van der Waals surface area contributed by atoms with Crippen molar-refractivity contribution in [3.8, 4) is 5.75 Å². The first-order valence-corrected chi connectivity index (χ1v) is 10.1. The number of hydrogen-bond acceptors (Lipinski definition) is 6. The molecule has 0 aliphatic carbocycles. The van der Waals surface area contributed by atoms with Gasteiger partial charge in [-0.15, -0.1) is 5.10 Å². The minimum Gasteiger partial charge on any atom is -0.494 e. The number of benzene rings is 1. The summed E-state index contributed by atoms with van der Waals surface area (Å²) in [6, 6.07) is 7.28. The third-order valence-electron chi connectivity index (χ3n) is 4.28. The standard InChI is InChI=1S/C19H25N5O2S/c1-4-10-26-14-8-6-13(7-9-14)16-15(17(20)25)12(3)21-18-22-19(23-24(16)18)27-11-5-2/h6-9,15-16H,3-5,10-11H2,1-2H3,(H2,20,25)(H,21,22,23)/t15-,16-/m0/s1. The van der Waals surface area contributed by atoms with Gasteiger partial charge in [0.2, 0.25) is 17.0 Å². The molecule has 2 atom stereocenters. The molecule has 0 saturated carbocycles. The number of aromatic nitrogens is 3. The van der Waals surface area contributed by atoms with Gasteiger partial charge in [-0.2, -0.15) is 4.98 Å². The number of ether oxygens (including phenoxy) is 1. The van der Waals surface area contributed by atoms with Crippen molar-refractivity contribution in [3.63, 3.8) is 0 Å². The van der Waals surface area contributed by atoms with Gasteiger partial charge in [0.15, 0.2) is 0 Å². The highest BCUT2D eigenvalue weighted by molar-refractivity contribution is 7.99. The fourth-order valence-electron chi connectivity index (χ4n) is 3.03. The first-order chi connectivity index (χ1) is 13.0. The Bertz CT molecular complexity index is 818. The number of thioether (sulfide) groups is 1. The van der Waals surface area contributed by atoms with Crippen molar-refractivity contribution in [1.29, 1.82) is 0 Å². The Labute approximate surface area is 163 Å². The Morgan fingerprint density at radius 1 is 1.33 bits per heavy atom. The Kier molecular flexibility index (Phi) is 6.05. The SMILES string of the molecule is C=C1Nc2nc(SCCC)nn2[C@@H](c2ccc(OCCC)cc2)[C@H]1C(N)=O. The summed E-state index contributed by atoms with van der Waals surface area (Å²) in [4.78, 5) is 16.7. The van der Waals surface area contributed by atoms with Crippen LogP contribution in [0.2, 0.25) is 0 Å². The van der Waals surface area contributed by atoms with Gasteiger partial charge in [0.1, 0.15) is 11.7 Å². The number of hydrogen-bond donors (Lipinski definition) is 2.